The van der Waals surface area contributed by atoms with E-state index >= 15 is 0 Å². The topological polar surface area (TPSA) is 41.6 Å². The molecule has 50 valence electrons. The summed E-state index contributed by atoms with van der Waals surface area (Å²) >= 11 is 0. The highest BCUT2D eigenvalue weighted by Gasteiger charge is 1.92. The largest absolute Gasteiger partial charge is 0.332 e. The third kappa shape index (κ3) is 1.23. The highest BCUT2D eigenvalue weighted by atomic mass is 15.0. The van der Waals surface area contributed by atoms with Crippen molar-refractivity contribution in [3.05, 3.63) is 30.9 Å². The summed E-state index contributed by atoms with van der Waals surface area (Å²) in [6.07, 6.45) is 5.05. The molecular formula is C7H7N3. The van der Waals surface area contributed by atoms with Gasteiger partial charge in [-0.25, -0.2) is 4.98 Å². The predicted molar refractivity (Wildman–Crippen MR) is 37.1 cm³/mol. The lowest BCUT2D eigenvalue weighted by Crippen LogP contribution is -1.88. The van der Waals surface area contributed by atoms with Gasteiger partial charge in [0.1, 0.15) is 6.07 Å². The summed E-state index contributed by atoms with van der Waals surface area (Å²) in [4.78, 5) is 3.81. The summed E-state index contributed by atoms with van der Waals surface area (Å²) in [5.74, 6) is 0. The third-order valence-electron chi connectivity index (χ3n) is 1.09. The van der Waals surface area contributed by atoms with Crippen LogP contribution in [0, 0.1) is 11.3 Å². The van der Waals surface area contributed by atoms with Gasteiger partial charge in [-0.3, -0.25) is 0 Å². The number of hydrogen-bond donors (Lipinski definition) is 0. The highest BCUT2D eigenvalue weighted by Crippen LogP contribution is 1.92. The quantitative estimate of drug-likeness (QED) is 0.563. The zero-order chi connectivity index (χ0) is 7.40. The van der Waals surface area contributed by atoms with Crippen LogP contribution in [-0.4, -0.2) is 9.55 Å². The van der Waals surface area contributed by atoms with Crippen molar-refractivity contribution in [2.75, 3.05) is 0 Å². The molecule has 3 heteroatoms. The molecule has 0 saturated heterocycles. The Morgan fingerprint density at radius 1 is 1.90 bits per heavy atom. The second-order valence-electron chi connectivity index (χ2n) is 1.86. The van der Waals surface area contributed by atoms with Crippen LogP contribution in [0.25, 0.3) is 0 Å². The van der Waals surface area contributed by atoms with Crippen molar-refractivity contribution in [1.82, 2.24) is 9.55 Å². The number of imidazole rings is 1. The number of nitrogens with zero attached hydrogens (tertiary/aromatic N) is 3. The van der Waals surface area contributed by atoms with Gasteiger partial charge in [0.2, 0.25) is 0 Å². The van der Waals surface area contributed by atoms with Gasteiger partial charge in [-0.05, 0) is 0 Å². The first-order valence-electron chi connectivity index (χ1n) is 2.89. The lowest BCUT2D eigenvalue weighted by Gasteiger charge is -1.90. The van der Waals surface area contributed by atoms with E-state index in [1.807, 2.05) is 6.07 Å². The van der Waals surface area contributed by atoms with Gasteiger partial charge in [0, 0.05) is 12.7 Å². The molecule has 0 bridgehead atoms. The number of nitriles is 1. The second kappa shape index (κ2) is 2.83. The molecule has 0 unspecified atom stereocenters. The van der Waals surface area contributed by atoms with E-state index in [0.717, 1.165) is 0 Å². The normalized spacial score (nSPS) is 8.70. The van der Waals surface area contributed by atoms with Crippen LogP contribution >= 0.6 is 0 Å². The van der Waals surface area contributed by atoms with E-state index in [9.17, 15) is 0 Å². The first-order chi connectivity index (χ1) is 4.86. The minimum atomic E-state index is 0.446. The molecule has 10 heavy (non-hydrogen) atoms. The maximum atomic E-state index is 8.37. The Morgan fingerprint density at radius 3 is 3.20 bits per heavy atom. The van der Waals surface area contributed by atoms with Gasteiger partial charge < -0.3 is 4.57 Å². The van der Waals surface area contributed by atoms with Crippen LogP contribution in [0.4, 0.5) is 0 Å². The van der Waals surface area contributed by atoms with E-state index in [-0.39, 0.29) is 0 Å². The molecule has 0 aromatic carbocycles. The standard InChI is InChI=1S/C7H7N3/c1-2-3-10-5-7(4-8)9-6-10/h2,5-6H,1,3H2. The first-order valence-corrected chi connectivity index (χ1v) is 2.89. The van der Waals surface area contributed by atoms with Crippen LogP contribution in [0.1, 0.15) is 5.69 Å². The minimum absolute atomic E-state index is 0.446. The lowest BCUT2D eigenvalue weighted by molar-refractivity contribution is 0.822. The van der Waals surface area contributed by atoms with Gasteiger partial charge in [-0.1, -0.05) is 6.08 Å². The zero-order valence-electron chi connectivity index (χ0n) is 5.49. The Labute approximate surface area is 59.2 Å². The highest BCUT2D eigenvalue weighted by molar-refractivity contribution is 5.15. The van der Waals surface area contributed by atoms with Crippen LogP contribution in [0.3, 0.4) is 0 Å². The summed E-state index contributed by atoms with van der Waals surface area (Å²) in [6.45, 7) is 4.26. The average Bonchev–Trinajstić information content (AvgIpc) is 2.37. The molecule has 1 aromatic heterocycles. The number of allylic oxidation sites excluding steroid dienone is 1. The maximum Gasteiger partial charge on any atom is 0.158 e. The van der Waals surface area contributed by atoms with E-state index in [4.69, 9.17) is 5.26 Å². The van der Waals surface area contributed by atoms with Crippen LogP contribution < -0.4 is 0 Å². The van der Waals surface area contributed by atoms with Gasteiger partial charge in [-0.2, -0.15) is 5.26 Å². The maximum absolute atomic E-state index is 8.37. The Morgan fingerprint density at radius 2 is 2.70 bits per heavy atom. The molecule has 0 saturated carbocycles. The number of hydrogen-bond acceptors (Lipinski definition) is 2. The molecule has 0 radical (unpaired) electrons. The van der Waals surface area contributed by atoms with Gasteiger partial charge in [0.25, 0.3) is 0 Å². The van der Waals surface area contributed by atoms with Crippen LogP contribution in [-0.2, 0) is 6.54 Å². The molecule has 0 aliphatic rings. The molecule has 0 aliphatic carbocycles. The first kappa shape index (κ1) is 6.56. The van der Waals surface area contributed by atoms with E-state index in [1.165, 1.54) is 0 Å². The molecule has 3 nitrogen and oxygen atoms in total. The summed E-state index contributed by atoms with van der Waals surface area (Å²) in [5, 5.41) is 8.37. The Hall–Kier alpha value is -1.56. The molecule has 0 spiro atoms. The molecular weight excluding hydrogens is 126 g/mol. The molecule has 0 atom stereocenters. The molecule has 0 N–H and O–H groups in total. The smallest absolute Gasteiger partial charge is 0.158 e. The van der Waals surface area contributed by atoms with Gasteiger partial charge in [-0.15, -0.1) is 6.58 Å². The van der Waals surface area contributed by atoms with E-state index < -0.39 is 0 Å². The third-order valence-corrected chi connectivity index (χ3v) is 1.09. The predicted octanol–water partition coefficient (Wildman–Crippen LogP) is 0.941. The monoisotopic (exact) mass is 133 g/mol. The molecule has 1 aromatic rings. The Bertz CT molecular complexity index is 267. The lowest BCUT2D eigenvalue weighted by atomic mass is 10.5. The van der Waals surface area contributed by atoms with Crippen LogP contribution in [0.2, 0.25) is 0 Å². The number of rotatable bonds is 2. The van der Waals surface area contributed by atoms with Gasteiger partial charge >= 0.3 is 0 Å². The van der Waals surface area contributed by atoms with E-state index in [1.54, 1.807) is 23.2 Å². The second-order valence-corrected chi connectivity index (χ2v) is 1.86. The van der Waals surface area contributed by atoms with Crippen LogP contribution in [0.5, 0.6) is 0 Å². The van der Waals surface area contributed by atoms with Gasteiger partial charge in [0.15, 0.2) is 5.69 Å². The number of aromatic nitrogens is 2. The molecule has 1 heterocycles. The van der Waals surface area contributed by atoms with Crippen molar-refractivity contribution in [1.29, 1.82) is 5.26 Å². The molecule has 0 fully saturated rings. The van der Waals surface area contributed by atoms with Crippen molar-refractivity contribution in [2.24, 2.45) is 0 Å². The van der Waals surface area contributed by atoms with Crippen molar-refractivity contribution in [3.63, 3.8) is 0 Å². The molecule has 0 amide bonds. The fourth-order valence-corrected chi connectivity index (χ4v) is 0.667. The summed E-state index contributed by atoms with van der Waals surface area (Å²) in [7, 11) is 0. The van der Waals surface area contributed by atoms with E-state index in [0.29, 0.717) is 12.2 Å². The fraction of sp³-hybridized carbons (Fsp3) is 0.143. The molecule has 0 aliphatic heterocycles. The van der Waals surface area contributed by atoms with Crippen LogP contribution in [0.15, 0.2) is 25.2 Å². The molecule has 1 rings (SSSR count). The van der Waals surface area contributed by atoms with Crippen molar-refractivity contribution >= 4 is 0 Å². The van der Waals surface area contributed by atoms with Crippen molar-refractivity contribution in [3.8, 4) is 6.07 Å². The minimum Gasteiger partial charge on any atom is -0.332 e. The fourth-order valence-electron chi connectivity index (χ4n) is 0.667. The summed E-state index contributed by atoms with van der Waals surface area (Å²) < 4.78 is 1.80. The van der Waals surface area contributed by atoms with Crippen molar-refractivity contribution in [2.45, 2.75) is 6.54 Å². The van der Waals surface area contributed by atoms with E-state index in [2.05, 4.69) is 11.6 Å². The Kier molecular flexibility index (Phi) is 1.86. The summed E-state index contributed by atoms with van der Waals surface area (Å²) in [5.41, 5.74) is 0.446. The van der Waals surface area contributed by atoms with Crippen molar-refractivity contribution < 1.29 is 0 Å². The zero-order valence-corrected chi connectivity index (χ0v) is 5.49. The van der Waals surface area contributed by atoms with Gasteiger partial charge in [0.05, 0.1) is 6.33 Å². The Balaban J connectivity index is 2.80. The average molecular weight is 133 g/mol. The SMILES string of the molecule is C=CCn1cnc(C#N)c1. The summed E-state index contributed by atoms with van der Waals surface area (Å²) in [6, 6.07) is 1.94.